The van der Waals surface area contributed by atoms with Crippen LogP contribution in [-0.2, 0) is 13.5 Å². The second kappa shape index (κ2) is 6.17. The summed E-state index contributed by atoms with van der Waals surface area (Å²) in [5.41, 5.74) is 5.25. The third-order valence-electron chi connectivity index (χ3n) is 4.03. The molecule has 0 radical (unpaired) electrons. The van der Waals surface area contributed by atoms with Crippen molar-refractivity contribution in [2.45, 2.75) is 51.5 Å². The highest BCUT2D eigenvalue weighted by Gasteiger charge is 2.22. The van der Waals surface area contributed by atoms with Crippen LogP contribution in [-0.4, -0.2) is 15.8 Å². The Morgan fingerprint density at radius 2 is 2.17 bits per heavy atom. The zero-order chi connectivity index (χ0) is 13.1. The number of aryl methyl sites for hydroxylation is 2. The van der Waals surface area contributed by atoms with Crippen LogP contribution in [0.1, 0.15) is 43.5 Å². The van der Waals surface area contributed by atoms with Crippen molar-refractivity contribution in [3.63, 3.8) is 0 Å². The summed E-state index contributed by atoms with van der Waals surface area (Å²) in [6.45, 7) is 2.02. The van der Waals surface area contributed by atoms with Crippen LogP contribution in [0.4, 0.5) is 0 Å². The maximum absolute atomic E-state index is 5.71. The molecule has 4 nitrogen and oxygen atoms in total. The quantitative estimate of drug-likeness (QED) is 0.648. The SMILES string of the molecule is Cc1nn(C)c(CC(CC2CCCC2)NN)c1Br. The number of nitrogens with one attached hydrogen (secondary N) is 1. The van der Waals surface area contributed by atoms with Crippen molar-refractivity contribution in [1.82, 2.24) is 15.2 Å². The van der Waals surface area contributed by atoms with E-state index < -0.39 is 0 Å². The van der Waals surface area contributed by atoms with Gasteiger partial charge in [0.05, 0.1) is 15.9 Å². The highest BCUT2D eigenvalue weighted by atomic mass is 79.9. The van der Waals surface area contributed by atoms with Crippen LogP contribution in [0.2, 0.25) is 0 Å². The van der Waals surface area contributed by atoms with E-state index in [0.29, 0.717) is 6.04 Å². The molecule has 1 aromatic rings. The lowest BCUT2D eigenvalue weighted by Crippen LogP contribution is -2.38. The molecule has 2 rings (SSSR count). The number of hydrogen-bond donors (Lipinski definition) is 2. The highest BCUT2D eigenvalue weighted by molar-refractivity contribution is 9.10. The fourth-order valence-electron chi connectivity index (χ4n) is 2.99. The van der Waals surface area contributed by atoms with Gasteiger partial charge >= 0.3 is 0 Å². The van der Waals surface area contributed by atoms with Crippen LogP contribution in [0.3, 0.4) is 0 Å². The topological polar surface area (TPSA) is 55.9 Å². The normalized spacial score (nSPS) is 18.4. The number of hydrazine groups is 1. The third-order valence-corrected chi connectivity index (χ3v) is 5.06. The lowest BCUT2D eigenvalue weighted by atomic mass is 9.96. The van der Waals surface area contributed by atoms with Gasteiger partial charge in [-0.3, -0.25) is 16.0 Å². The molecular formula is C13H23BrN4. The smallest absolute Gasteiger partial charge is 0.0738 e. The monoisotopic (exact) mass is 314 g/mol. The van der Waals surface area contributed by atoms with Gasteiger partial charge in [-0.25, -0.2) is 0 Å². The lowest BCUT2D eigenvalue weighted by molar-refractivity contribution is 0.384. The zero-order valence-corrected chi connectivity index (χ0v) is 12.8. The van der Waals surface area contributed by atoms with Gasteiger partial charge in [-0.15, -0.1) is 0 Å². The molecule has 1 saturated carbocycles. The van der Waals surface area contributed by atoms with Gasteiger partial charge in [0.1, 0.15) is 0 Å². The molecule has 1 heterocycles. The Bertz CT molecular complexity index is 396. The second-order valence-corrected chi connectivity index (χ2v) is 6.22. The van der Waals surface area contributed by atoms with E-state index >= 15 is 0 Å². The van der Waals surface area contributed by atoms with Gasteiger partial charge in [0, 0.05) is 19.5 Å². The molecule has 1 atom stereocenters. The van der Waals surface area contributed by atoms with Crippen molar-refractivity contribution < 1.29 is 0 Å². The maximum atomic E-state index is 5.71. The second-order valence-electron chi connectivity index (χ2n) is 5.42. The summed E-state index contributed by atoms with van der Waals surface area (Å²) in [6.07, 6.45) is 7.61. The Labute approximate surface area is 117 Å². The van der Waals surface area contributed by atoms with Crippen LogP contribution in [0, 0.1) is 12.8 Å². The first-order chi connectivity index (χ1) is 8.61. The summed E-state index contributed by atoms with van der Waals surface area (Å²) in [6, 6.07) is 0.346. The minimum Gasteiger partial charge on any atom is -0.271 e. The fourth-order valence-corrected chi connectivity index (χ4v) is 3.49. The number of aromatic nitrogens is 2. The Morgan fingerprint density at radius 1 is 1.50 bits per heavy atom. The molecule has 1 aliphatic rings. The van der Waals surface area contributed by atoms with Crippen molar-refractivity contribution in [2.24, 2.45) is 18.8 Å². The Morgan fingerprint density at radius 3 is 2.67 bits per heavy atom. The first kappa shape index (κ1) is 14.0. The predicted octanol–water partition coefficient (Wildman–Crippen LogP) is 2.45. The first-order valence-corrected chi connectivity index (χ1v) is 7.55. The van der Waals surface area contributed by atoms with Crippen LogP contribution in [0.5, 0.6) is 0 Å². The number of hydrogen-bond acceptors (Lipinski definition) is 3. The van der Waals surface area contributed by atoms with Crippen LogP contribution >= 0.6 is 15.9 Å². The minimum atomic E-state index is 0.346. The van der Waals surface area contributed by atoms with Gasteiger partial charge < -0.3 is 0 Å². The molecule has 1 unspecified atom stereocenters. The van der Waals surface area contributed by atoms with Crippen molar-refractivity contribution in [1.29, 1.82) is 0 Å². The highest BCUT2D eigenvalue weighted by Crippen LogP contribution is 2.30. The van der Waals surface area contributed by atoms with E-state index in [1.165, 1.54) is 37.8 Å². The van der Waals surface area contributed by atoms with Gasteiger partial charge in [-0.05, 0) is 35.2 Å². The predicted molar refractivity (Wildman–Crippen MR) is 77.0 cm³/mol. The van der Waals surface area contributed by atoms with Gasteiger partial charge in [0.2, 0.25) is 0 Å². The standard InChI is InChI=1S/C13H23BrN4/c1-9-13(14)12(18(2)17-9)8-11(16-15)7-10-5-3-4-6-10/h10-11,16H,3-8,15H2,1-2H3. The number of rotatable bonds is 5. The van der Waals surface area contributed by atoms with Crippen molar-refractivity contribution in [3.8, 4) is 0 Å². The summed E-state index contributed by atoms with van der Waals surface area (Å²) in [5.74, 6) is 6.56. The Balaban J connectivity index is 2.00. The van der Waals surface area contributed by atoms with E-state index in [-0.39, 0.29) is 0 Å². The lowest BCUT2D eigenvalue weighted by Gasteiger charge is -2.20. The Kier molecular flexibility index (Phi) is 4.81. The molecule has 0 aromatic carbocycles. The van der Waals surface area contributed by atoms with Crippen molar-refractivity contribution in [2.75, 3.05) is 0 Å². The average Bonchev–Trinajstić information content (AvgIpc) is 2.92. The molecule has 0 bridgehead atoms. The maximum Gasteiger partial charge on any atom is 0.0738 e. The summed E-state index contributed by atoms with van der Waals surface area (Å²) in [7, 11) is 2.00. The molecule has 0 spiro atoms. The van der Waals surface area contributed by atoms with Crippen LogP contribution in [0.25, 0.3) is 0 Å². The summed E-state index contributed by atoms with van der Waals surface area (Å²) >= 11 is 3.62. The van der Waals surface area contributed by atoms with Crippen LogP contribution < -0.4 is 11.3 Å². The molecule has 0 aliphatic heterocycles. The minimum absolute atomic E-state index is 0.346. The molecule has 1 fully saturated rings. The fraction of sp³-hybridized carbons (Fsp3) is 0.769. The van der Waals surface area contributed by atoms with E-state index in [1.54, 1.807) is 0 Å². The molecule has 0 saturated heterocycles. The molecule has 102 valence electrons. The van der Waals surface area contributed by atoms with E-state index in [4.69, 9.17) is 5.84 Å². The van der Waals surface area contributed by atoms with Gasteiger partial charge in [0.25, 0.3) is 0 Å². The summed E-state index contributed by atoms with van der Waals surface area (Å²) < 4.78 is 3.08. The van der Waals surface area contributed by atoms with Gasteiger partial charge in [-0.1, -0.05) is 25.7 Å². The number of nitrogens with zero attached hydrogens (tertiary/aromatic N) is 2. The van der Waals surface area contributed by atoms with Gasteiger partial charge in [-0.2, -0.15) is 5.10 Å². The van der Waals surface area contributed by atoms with Crippen molar-refractivity contribution in [3.05, 3.63) is 15.9 Å². The molecule has 1 aromatic heterocycles. The summed E-state index contributed by atoms with van der Waals surface area (Å²) in [4.78, 5) is 0. The molecule has 0 amide bonds. The molecule has 5 heteroatoms. The third kappa shape index (κ3) is 3.13. The molecular weight excluding hydrogens is 292 g/mol. The molecule has 1 aliphatic carbocycles. The number of nitrogens with two attached hydrogens (primary N) is 1. The molecule has 3 N–H and O–H groups in total. The summed E-state index contributed by atoms with van der Waals surface area (Å²) in [5, 5.41) is 4.43. The van der Waals surface area contributed by atoms with Gasteiger partial charge in [0.15, 0.2) is 0 Å². The van der Waals surface area contributed by atoms with Crippen LogP contribution in [0.15, 0.2) is 4.47 Å². The van der Waals surface area contributed by atoms with Crippen molar-refractivity contribution >= 4 is 15.9 Å². The zero-order valence-electron chi connectivity index (χ0n) is 11.2. The van der Waals surface area contributed by atoms with E-state index in [9.17, 15) is 0 Å². The van der Waals surface area contributed by atoms with E-state index in [1.807, 2.05) is 18.7 Å². The first-order valence-electron chi connectivity index (χ1n) is 6.76. The average molecular weight is 315 g/mol. The Hall–Kier alpha value is -0.390. The van der Waals surface area contributed by atoms with E-state index in [0.717, 1.165) is 22.5 Å². The number of halogens is 1. The van der Waals surface area contributed by atoms with E-state index in [2.05, 4.69) is 26.5 Å². The largest absolute Gasteiger partial charge is 0.271 e. The molecule has 18 heavy (non-hydrogen) atoms.